The molecule has 182 valence electrons. The number of nitrogens with two attached hydrogens (primary N) is 1. The van der Waals surface area contributed by atoms with E-state index in [1.165, 1.54) is 19.1 Å². The third-order valence-corrected chi connectivity index (χ3v) is 7.04. The maximum atomic E-state index is 15.0. The summed E-state index contributed by atoms with van der Waals surface area (Å²) >= 11 is 0. The Hall–Kier alpha value is -2.75. The molecule has 7 nitrogen and oxygen atoms in total. The van der Waals surface area contributed by atoms with Gasteiger partial charge in [-0.15, -0.1) is 0 Å². The van der Waals surface area contributed by atoms with Crippen molar-refractivity contribution in [1.82, 2.24) is 0 Å². The minimum atomic E-state index is -0.613. The van der Waals surface area contributed by atoms with E-state index in [1.54, 1.807) is 12.1 Å². The Morgan fingerprint density at radius 3 is 2.53 bits per heavy atom. The second kappa shape index (κ2) is 8.48. The predicted octanol–water partition coefficient (Wildman–Crippen LogP) is 3.62. The number of benzene rings is 2. The van der Waals surface area contributed by atoms with Crippen LogP contribution in [0.2, 0.25) is 0 Å². The number of fused-ring (bicyclic) bond motifs is 2. The van der Waals surface area contributed by atoms with E-state index >= 15 is 4.39 Å². The van der Waals surface area contributed by atoms with Crippen LogP contribution < -0.4 is 15.8 Å². The molecule has 0 bridgehead atoms. The first-order chi connectivity index (χ1) is 16.3. The Morgan fingerprint density at radius 1 is 1.12 bits per heavy atom. The first kappa shape index (κ1) is 23.0. The van der Waals surface area contributed by atoms with Gasteiger partial charge in [0, 0.05) is 23.3 Å². The van der Waals surface area contributed by atoms with E-state index in [-0.39, 0.29) is 23.1 Å². The molecule has 5 rings (SSSR count). The average molecular weight is 474 g/mol. The van der Waals surface area contributed by atoms with E-state index in [1.807, 2.05) is 13.8 Å². The van der Waals surface area contributed by atoms with Crippen LogP contribution in [0.1, 0.15) is 25.0 Å². The lowest BCUT2D eigenvalue weighted by atomic mass is 9.77. The van der Waals surface area contributed by atoms with Crippen molar-refractivity contribution in [2.24, 2.45) is 16.1 Å². The number of anilines is 1. The summed E-state index contributed by atoms with van der Waals surface area (Å²) in [7, 11) is 0. The lowest BCUT2D eigenvalue weighted by molar-refractivity contribution is -0.0914. The van der Waals surface area contributed by atoms with Gasteiger partial charge in [-0.3, -0.25) is 0 Å². The number of halogens is 2. The molecule has 34 heavy (non-hydrogen) atoms. The van der Waals surface area contributed by atoms with Crippen LogP contribution in [-0.4, -0.2) is 57.2 Å². The van der Waals surface area contributed by atoms with Crippen LogP contribution in [0.5, 0.6) is 5.75 Å². The molecule has 2 saturated heterocycles. The first-order valence-electron chi connectivity index (χ1n) is 11.5. The fraction of sp³-hybridized carbons (Fsp3) is 0.480. The second-order valence-corrected chi connectivity index (χ2v) is 9.21. The Kier molecular flexibility index (Phi) is 5.74. The van der Waals surface area contributed by atoms with E-state index in [0.29, 0.717) is 62.2 Å². The van der Waals surface area contributed by atoms with E-state index < -0.39 is 22.7 Å². The molecule has 3 aliphatic heterocycles. The molecule has 9 heteroatoms. The Labute approximate surface area is 197 Å². The van der Waals surface area contributed by atoms with E-state index in [4.69, 9.17) is 24.7 Å². The molecule has 3 aliphatic rings. The zero-order valence-electron chi connectivity index (χ0n) is 19.5. The highest BCUT2D eigenvalue weighted by atomic mass is 19.1. The molecule has 0 radical (unpaired) electrons. The number of ether oxygens (including phenoxy) is 4. The van der Waals surface area contributed by atoms with Gasteiger partial charge in [0.2, 0.25) is 0 Å². The van der Waals surface area contributed by atoms with Gasteiger partial charge < -0.3 is 30.0 Å². The monoisotopic (exact) mass is 473 g/mol. The summed E-state index contributed by atoms with van der Waals surface area (Å²) in [5.41, 5.74) is 7.29. The van der Waals surface area contributed by atoms with Crippen molar-refractivity contribution in [1.29, 1.82) is 0 Å². The molecule has 1 unspecified atom stereocenters. The summed E-state index contributed by atoms with van der Waals surface area (Å²) in [6.07, 6.45) is -0.318. The number of nitrogens with one attached hydrogen (secondary N) is 1. The van der Waals surface area contributed by atoms with Crippen molar-refractivity contribution in [3.05, 3.63) is 47.0 Å². The van der Waals surface area contributed by atoms with Crippen LogP contribution in [0.3, 0.4) is 0 Å². The standard InChI is InChI=1S/C25H29F2N3O4/c1-4-34-25-12-31-9-24(25,10-32-13-25)11-33-19-8-6-17(16-5-7-18(26)14(2)21(16)27)22-20(19)23(28)30-15(3)29-22/h5-8,15,29H,4,9-13H2,1-3H3,(H2,28,30). The topological polar surface area (TPSA) is 87.3 Å². The van der Waals surface area contributed by atoms with Crippen molar-refractivity contribution >= 4 is 11.5 Å². The number of hydrogen-bond donors (Lipinski definition) is 2. The van der Waals surface area contributed by atoms with Crippen molar-refractivity contribution in [2.75, 3.05) is 45.0 Å². The molecule has 0 spiro atoms. The van der Waals surface area contributed by atoms with Crippen molar-refractivity contribution in [3.63, 3.8) is 0 Å². The molecule has 2 fully saturated rings. The molecule has 1 atom stereocenters. The summed E-state index contributed by atoms with van der Waals surface area (Å²) in [6.45, 7) is 7.89. The number of nitrogens with zero attached hydrogens (tertiary/aromatic N) is 1. The summed E-state index contributed by atoms with van der Waals surface area (Å²) in [5, 5.41) is 3.28. The number of amidine groups is 1. The van der Waals surface area contributed by atoms with Gasteiger partial charge in [0.1, 0.15) is 41.6 Å². The van der Waals surface area contributed by atoms with E-state index in [2.05, 4.69) is 10.3 Å². The number of hydrogen-bond acceptors (Lipinski definition) is 7. The number of aliphatic imine (C=N–C) groups is 1. The van der Waals surface area contributed by atoms with Crippen molar-refractivity contribution < 1.29 is 27.7 Å². The molecule has 0 saturated carbocycles. The van der Waals surface area contributed by atoms with E-state index in [9.17, 15) is 4.39 Å². The van der Waals surface area contributed by atoms with Gasteiger partial charge in [-0.2, -0.15) is 0 Å². The summed E-state index contributed by atoms with van der Waals surface area (Å²) in [5.74, 6) is -0.404. The van der Waals surface area contributed by atoms with Gasteiger partial charge in [-0.1, -0.05) is 0 Å². The van der Waals surface area contributed by atoms with Crippen LogP contribution in [-0.2, 0) is 14.2 Å². The fourth-order valence-electron chi connectivity index (χ4n) is 5.13. The summed E-state index contributed by atoms with van der Waals surface area (Å²) < 4.78 is 53.0. The van der Waals surface area contributed by atoms with Crippen LogP contribution in [0.4, 0.5) is 14.5 Å². The SMILES string of the molecule is CCOC12COCC1(COc1ccc(-c3ccc(F)c(C)c3F)c3c1C(N)=NC(C)N3)COC2. The van der Waals surface area contributed by atoms with E-state index in [0.717, 1.165) is 0 Å². The molecule has 0 aliphatic carbocycles. The molecule has 2 aromatic carbocycles. The highest BCUT2D eigenvalue weighted by molar-refractivity contribution is 6.09. The smallest absolute Gasteiger partial charge is 0.136 e. The zero-order valence-corrected chi connectivity index (χ0v) is 19.5. The minimum Gasteiger partial charge on any atom is -0.492 e. The Morgan fingerprint density at radius 2 is 1.82 bits per heavy atom. The zero-order chi connectivity index (χ0) is 24.1. The Balaban J connectivity index is 1.54. The predicted molar refractivity (Wildman–Crippen MR) is 124 cm³/mol. The summed E-state index contributed by atoms with van der Waals surface area (Å²) in [6, 6.07) is 6.20. The largest absolute Gasteiger partial charge is 0.492 e. The maximum Gasteiger partial charge on any atom is 0.136 e. The molecule has 3 N–H and O–H groups in total. The molecule has 3 heterocycles. The van der Waals surface area contributed by atoms with Crippen LogP contribution in [0, 0.1) is 24.0 Å². The fourth-order valence-corrected chi connectivity index (χ4v) is 5.13. The molecule has 0 amide bonds. The minimum absolute atomic E-state index is 0.0362. The van der Waals surface area contributed by atoms with Crippen LogP contribution >= 0.6 is 0 Å². The lowest BCUT2D eigenvalue weighted by Crippen LogP contribution is -2.52. The highest BCUT2D eigenvalue weighted by Gasteiger charge is 2.62. The van der Waals surface area contributed by atoms with Gasteiger partial charge in [0.25, 0.3) is 0 Å². The first-order valence-corrected chi connectivity index (χ1v) is 11.5. The van der Waals surface area contributed by atoms with Gasteiger partial charge in [-0.25, -0.2) is 13.8 Å². The second-order valence-electron chi connectivity index (χ2n) is 9.21. The maximum absolute atomic E-state index is 15.0. The van der Waals surface area contributed by atoms with Gasteiger partial charge in [0.05, 0.1) is 43.1 Å². The van der Waals surface area contributed by atoms with Crippen LogP contribution in [0.15, 0.2) is 29.3 Å². The third kappa shape index (κ3) is 3.45. The average Bonchev–Trinajstić information content (AvgIpc) is 3.31. The normalized spacial score (nSPS) is 27.7. The van der Waals surface area contributed by atoms with Gasteiger partial charge in [0.15, 0.2) is 0 Å². The van der Waals surface area contributed by atoms with Gasteiger partial charge in [-0.05, 0) is 45.0 Å². The van der Waals surface area contributed by atoms with Gasteiger partial charge >= 0.3 is 0 Å². The summed E-state index contributed by atoms with van der Waals surface area (Å²) in [4.78, 5) is 4.44. The molecular formula is C25H29F2N3O4. The molecule has 0 aromatic heterocycles. The highest BCUT2D eigenvalue weighted by Crippen LogP contribution is 2.47. The quantitative estimate of drug-likeness (QED) is 0.667. The van der Waals surface area contributed by atoms with Crippen molar-refractivity contribution in [3.8, 4) is 16.9 Å². The number of rotatable bonds is 6. The molecule has 2 aromatic rings. The van der Waals surface area contributed by atoms with Crippen LogP contribution in [0.25, 0.3) is 11.1 Å². The van der Waals surface area contributed by atoms with Crippen molar-refractivity contribution in [2.45, 2.75) is 32.5 Å². The molecular weight excluding hydrogens is 444 g/mol. The Bertz CT molecular complexity index is 1140. The lowest BCUT2D eigenvalue weighted by Gasteiger charge is -2.36. The third-order valence-electron chi connectivity index (χ3n) is 7.04.